The average Bonchev–Trinajstić information content (AvgIpc) is 2.44. The molecule has 2 nitrogen and oxygen atoms in total. The van der Waals surface area contributed by atoms with Crippen LogP contribution in [0.4, 0.5) is 0 Å². The Kier molecular flexibility index (Phi) is 4.92. The molecule has 2 unspecified atom stereocenters. The summed E-state index contributed by atoms with van der Waals surface area (Å²) >= 11 is 0. The zero-order valence-corrected chi connectivity index (χ0v) is 12.2. The Morgan fingerprint density at radius 3 is 2.68 bits per heavy atom. The van der Waals surface area contributed by atoms with Gasteiger partial charge in [-0.15, -0.1) is 0 Å². The van der Waals surface area contributed by atoms with E-state index in [-0.39, 0.29) is 0 Å². The molecule has 1 heterocycles. The van der Waals surface area contributed by atoms with Crippen molar-refractivity contribution in [1.29, 1.82) is 0 Å². The molecule has 0 saturated carbocycles. The Bertz CT molecular complexity index is 521. The van der Waals surface area contributed by atoms with Gasteiger partial charge in [0.1, 0.15) is 0 Å². The van der Waals surface area contributed by atoms with Crippen molar-refractivity contribution in [2.45, 2.75) is 39.2 Å². The fourth-order valence-electron chi connectivity index (χ4n) is 2.69. The lowest BCUT2D eigenvalue weighted by Crippen LogP contribution is -2.34. The van der Waals surface area contributed by atoms with Gasteiger partial charge in [0.25, 0.3) is 0 Å². The van der Waals surface area contributed by atoms with E-state index in [1.807, 2.05) is 6.07 Å². The van der Waals surface area contributed by atoms with Crippen molar-refractivity contribution < 1.29 is 0 Å². The summed E-state index contributed by atoms with van der Waals surface area (Å²) in [6.07, 6.45) is 3.51. The van der Waals surface area contributed by atoms with Crippen LogP contribution in [0.2, 0.25) is 0 Å². The molecule has 0 saturated heterocycles. The van der Waals surface area contributed by atoms with Crippen molar-refractivity contribution in [1.82, 2.24) is 10.3 Å². The van der Waals surface area contributed by atoms with Gasteiger partial charge in [0.15, 0.2) is 0 Å². The standard InChI is InChI=1S/C17H24N2/c1-4-7-13(2)17(18-3)12-15-11-10-14-8-5-6-9-16(14)19-15/h5-6,8-11,13,17-18H,4,7,12H2,1-3H3. The van der Waals surface area contributed by atoms with E-state index in [2.05, 4.69) is 56.5 Å². The van der Waals surface area contributed by atoms with Crippen LogP contribution in [0, 0.1) is 5.92 Å². The van der Waals surface area contributed by atoms with E-state index < -0.39 is 0 Å². The van der Waals surface area contributed by atoms with E-state index in [4.69, 9.17) is 4.98 Å². The molecule has 0 radical (unpaired) electrons. The second kappa shape index (κ2) is 6.67. The largest absolute Gasteiger partial charge is 0.316 e. The maximum Gasteiger partial charge on any atom is 0.0705 e. The summed E-state index contributed by atoms with van der Waals surface area (Å²) in [6, 6.07) is 13.1. The average molecular weight is 256 g/mol. The first-order chi connectivity index (χ1) is 9.24. The molecule has 1 aromatic carbocycles. The maximum absolute atomic E-state index is 4.77. The highest BCUT2D eigenvalue weighted by Crippen LogP contribution is 2.17. The number of hydrogen-bond acceptors (Lipinski definition) is 2. The molecule has 1 aromatic heterocycles. The lowest BCUT2D eigenvalue weighted by molar-refractivity contribution is 0.369. The summed E-state index contributed by atoms with van der Waals surface area (Å²) in [5.74, 6) is 0.684. The molecule has 0 spiro atoms. The van der Waals surface area contributed by atoms with Crippen molar-refractivity contribution in [3.63, 3.8) is 0 Å². The SMILES string of the molecule is CCCC(C)C(Cc1ccc2ccccc2n1)NC. The van der Waals surface area contributed by atoms with Gasteiger partial charge in [-0.2, -0.15) is 0 Å². The Balaban J connectivity index is 2.15. The molecule has 0 bridgehead atoms. The third-order valence-electron chi connectivity index (χ3n) is 3.89. The van der Waals surface area contributed by atoms with Gasteiger partial charge in [-0.3, -0.25) is 4.98 Å². The number of fused-ring (bicyclic) bond motifs is 1. The second-order valence-corrected chi connectivity index (χ2v) is 5.36. The zero-order chi connectivity index (χ0) is 13.7. The molecule has 102 valence electrons. The van der Waals surface area contributed by atoms with Gasteiger partial charge < -0.3 is 5.32 Å². The fourth-order valence-corrected chi connectivity index (χ4v) is 2.69. The van der Waals surface area contributed by atoms with Crippen LogP contribution in [0.25, 0.3) is 10.9 Å². The van der Waals surface area contributed by atoms with E-state index in [9.17, 15) is 0 Å². The quantitative estimate of drug-likeness (QED) is 0.850. The maximum atomic E-state index is 4.77. The van der Waals surface area contributed by atoms with Crippen LogP contribution in [-0.4, -0.2) is 18.1 Å². The summed E-state index contributed by atoms with van der Waals surface area (Å²) in [5, 5.41) is 4.66. The lowest BCUT2D eigenvalue weighted by atomic mass is 9.93. The van der Waals surface area contributed by atoms with Gasteiger partial charge in [0.2, 0.25) is 0 Å². The van der Waals surface area contributed by atoms with Crippen LogP contribution in [0.15, 0.2) is 36.4 Å². The normalized spacial score (nSPS) is 14.5. The van der Waals surface area contributed by atoms with E-state index in [0.717, 1.165) is 11.9 Å². The Labute approximate surface area is 116 Å². The first kappa shape index (κ1) is 14.0. The van der Waals surface area contributed by atoms with Gasteiger partial charge in [-0.05, 0) is 31.5 Å². The molecule has 0 aliphatic heterocycles. The Morgan fingerprint density at radius 2 is 1.95 bits per heavy atom. The number of benzene rings is 1. The number of hydrogen-bond donors (Lipinski definition) is 1. The number of para-hydroxylation sites is 1. The van der Waals surface area contributed by atoms with Gasteiger partial charge in [-0.25, -0.2) is 0 Å². The first-order valence-electron chi connectivity index (χ1n) is 7.26. The first-order valence-corrected chi connectivity index (χ1v) is 7.26. The zero-order valence-electron chi connectivity index (χ0n) is 12.2. The van der Waals surface area contributed by atoms with Gasteiger partial charge >= 0.3 is 0 Å². The molecule has 0 aliphatic carbocycles. The molecule has 2 atom stereocenters. The van der Waals surface area contributed by atoms with Crippen molar-refractivity contribution in [2.24, 2.45) is 5.92 Å². The fraction of sp³-hybridized carbons (Fsp3) is 0.471. The van der Waals surface area contributed by atoms with Crippen molar-refractivity contribution >= 4 is 10.9 Å². The molecule has 2 aromatic rings. The van der Waals surface area contributed by atoms with E-state index in [1.165, 1.54) is 23.9 Å². The summed E-state index contributed by atoms with van der Waals surface area (Å²) in [7, 11) is 2.05. The summed E-state index contributed by atoms with van der Waals surface area (Å²) in [6.45, 7) is 4.57. The van der Waals surface area contributed by atoms with Gasteiger partial charge in [0.05, 0.1) is 5.52 Å². The van der Waals surface area contributed by atoms with Gasteiger partial charge in [-0.1, -0.05) is 44.5 Å². The molecule has 0 fully saturated rings. The number of pyridine rings is 1. The van der Waals surface area contributed by atoms with Crippen molar-refractivity contribution in [2.75, 3.05) is 7.05 Å². The van der Waals surface area contributed by atoms with Crippen LogP contribution in [0.1, 0.15) is 32.4 Å². The van der Waals surface area contributed by atoms with E-state index in [1.54, 1.807) is 0 Å². The smallest absolute Gasteiger partial charge is 0.0705 e. The summed E-state index contributed by atoms with van der Waals surface area (Å²) < 4.78 is 0. The summed E-state index contributed by atoms with van der Waals surface area (Å²) in [4.78, 5) is 4.77. The minimum atomic E-state index is 0.508. The third kappa shape index (κ3) is 3.54. The molecular weight excluding hydrogens is 232 g/mol. The summed E-state index contributed by atoms with van der Waals surface area (Å²) in [5.41, 5.74) is 2.28. The van der Waals surface area contributed by atoms with Gasteiger partial charge in [0, 0.05) is 23.5 Å². The molecule has 0 amide bonds. The highest BCUT2D eigenvalue weighted by atomic mass is 14.9. The van der Waals surface area contributed by atoms with Crippen LogP contribution in [0.5, 0.6) is 0 Å². The Hall–Kier alpha value is -1.41. The topological polar surface area (TPSA) is 24.9 Å². The molecule has 2 heteroatoms. The highest BCUT2D eigenvalue weighted by molar-refractivity contribution is 5.78. The van der Waals surface area contributed by atoms with Crippen LogP contribution in [0.3, 0.4) is 0 Å². The highest BCUT2D eigenvalue weighted by Gasteiger charge is 2.15. The lowest BCUT2D eigenvalue weighted by Gasteiger charge is -2.23. The minimum absolute atomic E-state index is 0.508. The van der Waals surface area contributed by atoms with Crippen LogP contribution >= 0.6 is 0 Å². The van der Waals surface area contributed by atoms with Crippen molar-refractivity contribution in [3.8, 4) is 0 Å². The monoisotopic (exact) mass is 256 g/mol. The van der Waals surface area contributed by atoms with E-state index in [0.29, 0.717) is 12.0 Å². The molecular formula is C17H24N2. The second-order valence-electron chi connectivity index (χ2n) is 5.36. The molecule has 2 rings (SSSR count). The van der Waals surface area contributed by atoms with E-state index >= 15 is 0 Å². The molecule has 19 heavy (non-hydrogen) atoms. The number of nitrogens with one attached hydrogen (secondary N) is 1. The predicted octanol–water partition coefficient (Wildman–Crippen LogP) is 3.80. The number of likely N-dealkylation sites (N-methyl/N-ethyl adjacent to an activating group) is 1. The van der Waals surface area contributed by atoms with Crippen molar-refractivity contribution in [3.05, 3.63) is 42.1 Å². The predicted molar refractivity (Wildman–Crippen MR) is 82.4 cm³/mol. The third-order valence-corrected chi connectivity index (χ3v) is 3.89. The number of aromatic nitrogens is 1. The molecule has 0 aliphatic rings. The minimum Gasteiger partial charge on any atom is -0.316 e. The molecule has 1 N–H and O–H groups in total. The number of nitrogens with zero attached hydrogens (tertiary/aromatic N) is 1. The van der Waals surface area contributed by atoms with Crippen LogP contribution < -0.4 is 5.32 Å². The van der Waals surface area contributed by atoms with Crippen LogP contribution in [-0.2, 0) is 6.42 Å². The number of rotatable bonds is 6. The Morgan fingerprint density at radius 1 is 1.16 bits per heavy atom.